The highest BCUT2D eigenvalue weighted by atomic mass is 19.4. The Labute approximate surface area is 193 Å². The molecule has 2 heterocycles. The van der Waals surface area contributed by atoms with E-state index in [1.807, 2.05) is 36.4 Å². The Kier molecular flexibility index (Phi) is 5.31. The number of H-pyrrole nitrogens is 1. The molecule has 0 spiro atoms. The number of nitrogens with one attached hydrogen (secondary N) is 3. The second kappa shape index (κ2) is 8.33. The van der Waals surface area contributed by atoms with Gasteiger partial charge in [0.15, 0.2) is 0 Å². The minimum atomic E-state index is -4.41. The molecule has 0 unspecified atom stereocenters. The van der Waals surface area contributed by atoms with E-state index in [0.717, 1.165) is 51.8 Å². The zero-order valence-electron chi connectivity index (χ0n) is 18.5. The average Bonchev–Trinajstić information content (AvgIpc) is 3.24. The minimum absolute atomic E-state index is 0.318. The number of aryl methyl sites for hydroxylation is 1. The molecule has 0 aliphatic carbocycles. The summed E-state index contributed by atoms with van der Waals surface area (Å²) in [7, 11) is 1.78. The smallest absolute Gasteiger partial charge is 0.357 e. The lowest BCUT2D eigenvalue weighted by atomic mass is 9.96. The lowest BCUT2D eigenvalue weighted by Gasteiger charge is -2.12. The second-order valence-corrected chi connectivity index (χ2v) is 7.88. The summed E-state index contributed by atoms with van der Waals surface area (Å²) in [5, 5.41) is 7.05. The van der Waals surface area contributed by atoms with Gasteiger partial charge in [0.2, 0.25) is 11.9 Å². The third kappa shape index (κ3) is 4.12. The van der Waals surface area contributed by atoms with Gasteiger partial charge < -0.3 is 15.6 Å². The Morgan fingerprint density at radius 2 is 1.76 bits per heavy atom. The molecule has 34 heavy (non-hydrogen) atoms. The highest BCUT2D eigenvalue weighted by Crippen LogP contribution is 2.33. The number of benzene rings is 3. The molecule has 0 aliphatic rings. The maximum Gasteiger partial charge on any atom is 0.416 e. The Bertz CT molecular complexity index is 1510. The van der Waals surface area contributed by atoms with E-state index in [4.69, 9.17) is 0 Å². The van der Waals surface area contributed by atoms with Crippen molar-refractivity contribution in [1.29, 1.82) is 0 Å². The number of fused-ring (bicyclic) bond motifs is 2. The van der Waals surface area contributed by atoms with Crippen LogP contribution in [0.2, 0.25) is 0 Å². The number of hydrogen-bond acceptors (Lipinski definition) is 5. The molecular formula is C25H21F3N6. The van der Waals surface area contributed by atoms with Crippen molar-refractivity contribution in [3.05, 3.63) is 71.9 Å². The highest BCUT2D eigenvalue weighted by Gasteiger charge is 2.30. The number of anilines is 3. The van der Waals surface area contributed by atoms with Crippen molar-refractivity contribution in [1.82, 2.24) is 19.9 Å². The molecule has 3 aromatic carbocycles. The van der Waals surface area contributed by atoms with Gasteiger partial charge in [0, 0.05) is 24.3 Å². The van der Waals surface area contributed by atoms with E-state index in [9.17, 15) is 13.2 Å². The summed E-state index contributed by atoms with van der Waals surface area (Å²) >= 11 is 0. The lowest BCUT2D eigenvalue weighted by Crippen LogP contribution is -2.04. The van der Waals surface area contributed by atoms with Gasteiger partial charge in [0.25, 0.3) is 0 Å². The average molecular weight is 462 g/mol. The Balaban J connectivity index is 1.49. The topological polar surface area (TPSA) is 78.5 Å². The van der Waals surface area contributed by atoms with Crippen molar-refractivity contribution in [2.45, 2.75) is 19.5 Å². The van der Waals surface area contributed by atoms with E-state index < -0.39 is 11.7 Å². The van der Waals surface area contributed by atoms with Crippen LogP contribution in [0.15, 0.2) is 60.8 Å². The number of aromatic amines is 1. The summed E-state index contributed by atoms with van der Waals surface area (Å²) < 4.78 is 39.1. The molecule has 6 nitrogen and oxygen atoms in total. The molecule has 0 radical (unpaired) electrons. The fourth-order valence-corrected chi connectivity index (χ4v) is 3.93. The Hall–Kier alpha value is -4.14. The molecule has 2 aromatic heterocycles. The second-order valence-electron chi connectivity index (χ2n) is 7.88. The van der Waals surface area contributed by atoms with Crippen LogP contribution in [0.3, 0.4) is 0 Å². The van der Waals surface area contributed by atoms with Gasteiger partial charge in [-0.2, -0.15) is 13.2 Å². The molecule has 0 saturated carbocycles. The van der Waals surface area contributed by atoms with Gasteiger partial charge in [-0.05, 0) is 65.6 Å². The first kappa shape index (κ1) is 21.7. The normalized spacial score (nSPS) is 11.8. The van der Waals surface area contributed by atoms with Crippen molar-refractivity contribution in [3.8, 4) is 11.1 Å². The molecule has 0 amide bonds. The summed E-state index contributed by atoms with van der Waals surface area (Å²) in [5.74, 6) is 0.935. The molecule has 0 bridgehead atoms. The molecule has 5 rings (SSSR count). The minimum Gasteiger partial charge on any atom is -0.357 e. The van der Waals surface area contributed by atoms with Crippen molar-refractivity contribution < 1.29 is 13.2 Å². The first-order valence-corrected chi connectivity index (χ1v) is 10.8. The van der Waals surface area contributed by atoms with Crippen LogP contribution in [0.4, 0.5) is 30.8 Å². The zero-order chi connectivity index (χ0) is 23.9. The predicted molar refractivity (Wildman–Crippen MR) is 128 cm³/mol. The monoisotopic (exact) mass is 462 g/mol. The van der Waals surface area contributed by atoms with E-state index >= 15 is 0 Å². The summed E-state index contributed by atoms with van der Waals surface area (Å²) in [6.07, 6.45) is -1.78. The van der Waals surface area contributed by atoms with E-state index in [1.165, 1.54) is 6.07 Å². The SMILES string of the molecule is CCc1ccc(Nc2nc3ccc(C(F)(F)F)cc3[nH]2)cc1-c1ccc2nc(NC)ncc2c1. The number of imidazole rings is 1. The first-order valence-electron chi connectivity index (χ1n) is 10.8. The lowest BCUT2D eigenvalue weighted by molar-refractivity contribution is -0.137. The van der Waals surface area contributed by atoms with Gasteiger partial charge in [-0.3, -0.25) is 0 Å². The van der Waals surface area contributed by atoms with Crippen LogP contribution in [0.5, 0.6) is 0 Å². The molecule has 9 heteroatoms. The molecular weight excluding hydrogens is 441 g/mol. The standard InChI is InChI=1S/C25H21F3N6/c1-3-14-4-7-18(31-24-33-21-9-6-17(25(26,27)28)11-22(21)34-24)12-19(14)15-5-8-20-16(10-15)13-30-23(29-2)32-20/h4-13H,3H2,1-2H3,(H,29,30,32)(H2,31,33,34). The van der Waals surface area contributed by atoms with E-state index in [1.54, 1.807) is 13.2 Å². The largest absolute Gasteiger partial charge is 0.416 e. The summed E-state index contributed by atoms with van der Waals surface area (Å²) in [4.78, 5) is 16.1. The van der Waals surface area contributed by atoms with Crippen molar-refractivity contribution >= 4 is 39.5 Å². The van der Waals surface area contributed by atoms with Gasteiger partial charge in [-0.15, -0.1) is 0 Å². The van der Waals surface area contributed by atoms with Crippen molar-refractivity contribution in [2.24, 2.45) is 0 Å². The quantitative estimate of drug-likeness (QED) is 0.276. The maximum atomic E-state index is 13.0. The van der Waals surface area contributed by atoms with Crippen LogP contribution in [0.1, 0.15) is 18.1 Å². The van der Waals surface area contributed by atoms with E-state index in [0.29, 0.717) is 22.9 Å². The fraction of sp³-hybridized carbons (Fsp3) is 0.160. The van der Waals surface area contributed by atoms with Crippen LogP contribution in [-0.2, 0) is 12.6 Å². The molecule has 5 aromatic rings. The number of aromatic nitrogens is 4. The van der Waals surface area contributed by atoms with Gasteiger partial charge in [-0.1, -0.05) is 19.1 Å². The van der Waals surface area contributed by atoms with Crippen LogP contribution in [0.25, 0.3) is 33.1 Å². The number of rotatable bonds is 5. The predicted octanol–water partition coefficient (Wildman–Crippen LogP) is 6.54. The van der Waals surface area contributed by atoms with Crippen LogP contribution in [0, 0.1) is 0 Å². The van der Waals surface area contributed by atoms with Crippen molar-refractivity contribution in [2.75, 3.05) is 17.7 Å². The molecule has 0 fully saturated rings. The molecule has 3 N–H and O–H groups in total. The molecule has 0 atom stereocenters. The summed E-state index contributed by atoms with van der Waals surface area (Å²) in [6.45, 7) is 2.09. The zero-order valence-corrected chi connectivity index (χ0v) is 18.5. The Morgan fingerprint density at radius 1 is 0.941 bits per heavy atom. The van der Waals surface area contributed by atoms with E-state index in [-0.39, 0.29) is 0 Å². The van der Waals surface area contributed by atoms with Crippen LogP contribution in [-0.4, -0.2) is 27.0 Å². The number of nitrogens with zero attached hydrogens (tertiary/aromatic N) is 3. The third-order valence-electron chi connectivity index (χ3n) is 5.68. The molecule has 172 valence electrons. The fourth-order valence-electron chi connectivity index (χ4n) is 3.93. The maximum absolute atomic E-state index is 13.0. The van der Waals surface area contributed by atoms with Gasteiger partial charge in [0.05, 0.1) is 22.1 Å². The molecule has 0 aliphatic heterocycles. The van der Waals surface area contributed by atoms with Gasteiger partial charge in [-0.25, -0.2) is 15.0 Å². The van der Waals surface area contributed by atoms with Crippen molar-refractivity contribution in [3.63, 3.8) is 0 Å². The Morgan fingerprint density at radius 3 is 2.53 bits per heavy atom. The summed E-state index contributed by atoms with van der Waals surface area (Å²) in [5.41, 5.74) is 4.90. The number of alkyl halides is 3. The molecule has 0 saturated heterocycles. The van der Waals surface area contributed by atoms with E-state index in [2.05, 4.69) is 37.5 Å². The first-order chi connectivity index (χ1) is 16.3. The summed E-state index contributed by atoms with van der Waals surface area (Å²) in [6, 6.07) is 15.5. The van der Waals surface area contributed by atoms with Gasteiger partial charge in [0.1, 0.15) is 0 Å². The van der Waals surface area contributed by atoms with Gasteiger partial charge >= 0.3 is 6.18 Å². The van der Waals surface area contributed by atoms with Crippen LogP contribution >= 0.6 is 0 Å². The third-order valence-corrected chi connectivity index (χ3v) is 5.68. The number of halogens is 3. The highest BCUT2D eigenvalue weighted by molar-refractivity contribution is 5.86. The van der Waals surface area contributed by atoms with Crippen LogP contribution < -0.4 is 10.6 Å². The number of hydrogen-bond donors (Lipinski definition) is 3.